The molecule has 2 atom stereocenters. The third kappa shape index (κ3) is 5.00. The molecule has 1 heterocycles. The standard InChI is InChI=1S/C15H22N2OS.ClH/c1-15(8-5-9-19-15)11-17-14(18)10-13(16)12-6-3-2-4-7-12;/h2-4,6-7,13H,5,8-11,16H2,1H3,(H,17,18);1H. The van der Waals surface area contributed by atoms with Crippen molar-refractivity contribution in [3.63, 3.8) is 0 Å². The van der Waals surface area contributed by atoms with Crippen molar-refractivity contribution >= 4 is 30.1 Å². The molecule has 0 bridgehead atoms. The second-order valence-corrected chi connectivity index (χ2v) is 7.08. The van der Waals surface area contributed by atoms with Gasteiger partial charge < -0.3 is 11.1 Å². The van der Waals surface area contributed by atoms with Gasteiger partial charge >= 0.3 is 0 Å². The van der Waals surface area contributed by atoms with E-state index in [0.29, 0.717) is 6.42 Å². The van der Waals surface area contributed by atoms with E-state index in [0.717, 1.165) is 12.1 Å². The molecule has 3 nitrogen and oxygen atoms in total. The van der Waals surface area contributed by atoms with Crippen LogP contribution in [0.15, 0.2) is 30.3 Å². The Bertz CT molecular complexity index is 421. The molecule has 1 saturated heterocycles. The first-order valence-corrected chi connectivity index (χ1v) is 7.79. The van der Waals surface area contributed by atoms with Gasteiger partial charge in [-0.1, -0.05) is 30.3 Å². The van der Waals surface area contributed by atoms with Crippen molar-refractivity contribution in [2.24, 2.45) is 5.73 Å². The Morgan fingerprint density at radius 2 is 2.15 bits per heavy atom. The van der Waals surface area contributed by atoms with Crippen LogP contribution in [0, 0.1) is 0 Å². The third-order valence-electron chi connectivity index (χ3n) is 3.59. The molecule has 3 N–H and O–H groups in total. The van der Waals surface area contributed by atoms with Crippen LogP contribution in [0.4, 0.5) is 0 Å². The van der Waals surface area contributed by atoms with Gasteiger partial charge in [-0.05, 0) is 31.1 Å². The minimum absolute atomic E-state index is 0. The Kier molecular flexibility index (Phi) is 6.86. The topological polar surface area (TPSA) is 55.1 Å². The van der Waals surface area contributed by atoms with Crippen molar-refractivity contribution < 1.29 is 4.79 Å². The number of hydrogen-bond acceptors (Lipinski definition) is 3. The highest BCUT2D eigenvalue weighted by atomic mass is 35.5. The quantitative estimate of drug-likeness (QED) is 0.878. The average molecular weight is 315 g/mol. The molecule has 0 aromatic heterocycles. The summed E-state index contributed by atoms with van der Waals surface area (Å²) < 4.78 is 0.215. The zero-order chi connectivity index (χ0) is 13.7. The molecule has 5 heteroatoms. The Morgan fingerprint density at radius 3 is 2.75 bits per heavy atom. The van der Waals surface area contributed by atoms with Crippen LogP contribution in [0.25, 0.3) is 0 Å². The highest BCUT2D eigenvalue weighted by molar-refractivity contribution is 8.00. The van der Waals surface area contributed by atoms with Crippen LogP contribution in [-0.2, 0) is 4.79 Å². The number of benzene rings is 1. The van der Waals surface area contributed by atoms with E-state index in [2.05, 4.69) is 12.2 Å². The van der Waals surface area contributed by atoms with Gasteiger partial charge in [0.1, 0.15) is 0 Å². The van der Waals surface area contributed by atoms with Gasteiger partial charge in [0.25, 0.3) is 0 Å². The summed E-state index contributed by atoms with van der Waals surface area (Å²) in [5.41, 5.74) is 7.06. The van der Waals surface area contributed by atoms with Gasteiger partial charge in [0, 0.05) is 23.8 Å². The molecule has 0 spiro atoms. The van der Waals surface area contributed by atoms with E-state index in [1.807, 2.05) is 42.1 Å². The Labute approximate surface area is 131 Å². The average Bonchev–Trinajstić information content (AvgIpc) is 2.85. The van der Waals surface area contributed by atoms with Crippen LogP contribution in [-0.4, -0.2) is 23.0 Å². The number of carbonyl (C=O) groups excluding carboxylic acids is 1. The van der Waals surface area contributed by atoms with E-state index >= 15 is 0 Å². The van der Waals surface area contributed by atoms with Crippen molar-refractivity contribution in [2.75, 3.05) is 12.3 Å². The molecule has 1 aliphatic heterocycles. The summed E-state index contributed by atoms with van der Waals surface area (Å²) in [5.74, 6) is 1.25. The lowest BCUT2D eigenvalue weighted by atomic mass is 10.0. The number of amides is 1. The maximum absolute atomic E-state index is 11.9. The van der Waals surface area contributed by atoms with Crippen LogP contribution < -0.4 is 11.1 Å². The van der Waals surface area contributed by atoms with Gasteiger partial charge in [-0.2, -0.15) is 11.8 Å². The monoisotopic (exact) mass is 314 g/mol. The minimum Gasteiger partial charge on any atom is -0.355 e. The molecule has 20 heavy (non-hydrogen) atoms. The summed E-state index contributed by atoms with van der Waals surface area (Å²) in [5, 5.41) is 3.03. The van der Waals surface area contributed by atoms with E-state index < -0.39 is 0 Å². The molecule has 112 valence electrons. The lowest BCUT2D eigenvalue weighted by Crippen LogP contribution is -2.37. The molecule has 1 fully saturated rings. The fourth-order valence-corrected chi connectivity index (χ4v) is 3.60. The van der Waals surface area contributed by atoms with Gasteiger partial charge in [0.15, 0.2) is 0 Å². The van der Waals surface area contributed by atoms with E-state index in [1.165, 1.54) is 18.6 Å². The first kappa shape index (κ1) is 17.3. The van der Waals surface area contributed by atoms with Crippen molar-refractivity contribution in [3.8, 4) is 0 Å². The number of carbonyl (C=O) groups is 1. The van der Waals surface area contributed by atoms with Gasteiger partial charge in [0.05, 0.1) is 0 Å². The minimum atomic E-state index is -0.217. The molecule has 1 amide bonds. The number of nitrogens with one attached hydrogen (secondary N) is 1. The fraction of sp³-hybridized carbons (Fsp3) is 0.533. The van der Waals surface area contributed by atoms with Crippen LogP contribution >= 0.6 is 24.2 Å². The largest absolute Gasteiger partial charge is 0.355 e. The first-order valence-electron chi connectivity index (χ1n) is 6.80. The third-order valence-corrected chi connectivity index (χ3v) is 5.13. The number of rotatable bonds is 5. The molecule has 1 aromatic carbocycles. The molecule has 2 unspecified atom stereocenters. The number of hydrogen-bond donors (Lipinski definition) is 2. The predicted octanol–water partition coefficient (Wildman–Crippen LogP) is 2.90. The zero-order valence-electron chi connectivity index (χ0n) is 11.8. The van der Waals surface area contributed by atoms with E-state index in [4.69, 9.17) is 5.73 Å². The summed E-state index contributed by atoms with van der Waals surface area (Å²) in [7, 11) is 0. The van der Waals surface area contributed by atoms with Gasteiger partial charge in [-0.3, -0.25) is 4.79 Å². The lowest BCUT2D eigenvalue weighted by molar-refractivity contribution is -0.121. The summed E-state index contributed by atoms with van der Waals surface area (Å²) in [4.78, 5) is 11.9. The van der Waals surface area contributed by atoms with Crippen LogP contribution in [0.1, 0.15) is 37.8 Å². The molecule has 0 saturated carbocycles. The molecule has 1 aromatic rings. The summed E-state index contributed by atoms with van der Waals surface area (Å²) in [6, 6.07) is 9.56. The van der Waals surface area contributed by atoms with E-state index in [9.17, 15) is 4.79 Å². The van der Waals surface area contributed by atoms with Crippen LogP contribution in [0.2, 0.25) is 0 Å². The Balaban J connectivity index is 0.00000200. The molecular weight excluding hydrogens is 292 g/mol. The number of halogens is 1. The van der Waals surface area contributed by atoms with Crippen LogP contribution in [0.3, 0.4) is 0 Å². The molecule has 2 rings (SSSR count). The summed E-state index contributed by atoms with van der Waals surface area (Å²) in [6.45, 7) is 2.97. The fourth-order valence-electron chi connectivity index (χ4n) is 2.35. The van der Waals surface area contributed by atoms with E-state index in [-0.39, 0.29) is 29.1 Å². The number of thioether (sulfide) groups is 1. The highest BCUT2D eigenvalue weighted by Gasteiger charge is 2.29. The van der Waals surface area contributed by atoms with Gasteiger partial charge in [-0.15, -0.1) is 12.4 Å². The lowest BCUT2D eigenvalue weighted by Gasteiger charge is -2.23. The summed E-state index contributed by atoms with van der Waals surface area (Å²) >= 11 is 1.96. The van der Waals surface area contributed by atoms with Gasteiger partial charge in [-0.25, -0.2) is 0 Å². The predicted molar refractivity (Wildman–Crippen MR) is 88.3 cm³/mol. The van der Waals surface area contributed by atoms with Gasteiger partial charge in [0.2, 0.25) is 5.91 Å². The van der Waals surface area contributed by atoms with Crippen molar-refractivity contribution in [3.05, 3.63) is 35.9 Å². The molecule has 0 radical (unpaired) electrons. The molecule has 0 aliphatic carbocycles. The van der Waals surface area contributed by atoms with Crippen molar-refractivity contribution in [1.29, 1.82) is 0 Å². The molecular formula is C15H23ClN2OS. The second-order valence-electron chi connectivity index (χ2n) is 5.40. The number of nitrogens with two attached hydrogens (primary N) is 1. The van der Waals surface area contributed by atoms with Crippen LogP contribution in [0.5, 0.6) is 0 Å². The highest BCUT2D eigenvalue weighted by Crippen LogP contribution is 2.36. The van der Waals surface area contributed by atoms with Crippen molar-refractivity contribution in [2.45, 2.75) is 37.0 Å². The smallest absolute Gasteiger partial charge is 0.221 e. The first-order chi connectivity index (χ1) is 9.09. The normalized spacial score (nSPS) is 22.9. The maximum atomic E-state index is 11.9. The summed E-state index contributed by atoms with van der Waals surface area (Å²) in [6.07, 6.45) is 2.79. The zero-order valence-corrected chi connectivity index (χ0v) is 13.4. The van der Waals surface area contributed by atoms with Crippen molar-refractivity contribution in [1.82, 2.24) is 5.32 Å². The SMILES string of the molecule is CC1(CNC(=O)CC(N)c2ccccc2)CCCS1.Cl. The Morgan fingerprint density at radius 1 is 1.45 bits per heavy atom. The maximum Gasteiger partial charge on any atom is 0.221 e. The molecule has 1 aliphatic rings. The Hall–Kier alpha value is -0.710. The second kappa shape index (κ2) is 7.91. The van der Waals surface area contributed by atoms with E-state index in [1.54, 1.807) is 0 Å².